The van der Waals surface area contributed by atoms with Gasteiger partial charge in [0.1, 0.15) is 5.82 Å². The zero-order valence-electron chi connectivity index (χ0n) is 11.5. The fraction of sp³-hybridized carbons (Fsp3) is 0.375. The van der Waals surface area contributed by atoms with Gasteiger partial charge in [0, 0.05) is 37.2 Å². The van der Waals surface area contributed by atoms with Crippen molar-refractivity contribution >= 4 is 0 Å². The molecule has 3 rings (SSSR count). The third kappa shape index (κ3) is 2.51. The van der Waals surface area contributed by atoms with Gasteiger partial charge in [0.25, 0.3) is 0 Å². The topological polar surface area (TPSA) is 37.8 Å². The molecule has 0 saturated heterocycles. The van der Waals surface area contributed by atoms with Crippen LogP contribution in [0.1, 0.15) is 33.9 Å². The molecule has 0 bridgehead atoms. The van der Waals surface area contributed by atoms with Gasteiger partial charge in [0.15, 0.2) is 0 Å². The van der Waals surface area contributed by atoms with Gasteiger partial charge in [0.05, 0.1) is 5.69 Å². The molecule has 0 saturated carbocycles. The van der Waals surface area contributed by atoms with Gasteiger partial charge in [-0.25, -0.2) is 9.97 Å². The molecule has 3 heteroatoms. The Morgan fingerprint density at radius 1 is 1.16 bits per heavy atom. The minimum Gasteiger partial charge on any atom is -0.312 e. The van der Waals surface area contributed by atoms with Crippen molar-refractivity contribution in [1.82, 2.24) is 15.3 Å². The molecule has 0 radical (unpaired) electrons. The van der Waals surface area contributed by atoms with E-state index in [9.17, 15) is 0 Å². The van der Waals surface area contributed by atoms with Crippen molar-refractivity contribution in [3.05, 3.63) is 58.2 Å². The molecule has 0 atom stereocenters. The van der Waals surface area contributed by atoms with Gasteiger partial charge in [-0.2, -0.15) is 0 Å². The Bertz CT molecular complexity index is 605. The van der Waals surface area contributed by atoms with Crippen LogP contribution in [0.5, 0.6) is 0 Å². The van der Waals surface area contributed by atoms with Crippen LogP contribution in [0.4, 0.5) is 0 Å². The fourth-order valence-electron chi connectivity index (χ4n) is 2.63. The highest BCUT2D eigenvalue weighted by atomic mass is 14.9. The molecule has 1 aliphatic heterocycles. The van der Waals surface area contributed by atoms with E-state index in [2.05, 4.69) is 48.4 Å². The first-order chi connectivity index (χ1) is 9.24. The van der Waals surface area contributed by atoms with Crippen molar-refractivity contribution < 1.29 is 0 Å². The zero-order chi connectivity index (χ0) is 13.2. The average Bonchev–Trinajstić information content (AvgIpc) is 2.42. The SMILES string of the molecule is Cc1ccccc1Cc1nc(C)c2c(n1)CCNC2. The van der Waals surface area contributed by atoms with Crippen LogP contribution in [0.15, 0.2) is 24.3 Å². The Morgan fingerprint density at radius 2 is 2.00 bits per heavy atom. The van der Waals surface area contributed by atoms with Gasteiger partial charge in [0.2, 0.25) is 0 Å². The van der Waals surface area contributed by atoms with Crippen LogP contribution in [0.25, 0.3) is 0 Å². The quantitative estimate of drug-likeness (QED) is 0.892. The van der Waals surface area contributed by atoms with Crippen LogP contribution in [-0.4, -0.2) is 16.5 Å². The number of nitrogens with one attached hydrogen (secondary N) is 1. The van der Waals surface area contributed by atoms with Gasteiger partial charge in [-0.15, -0.1) is 0 Å². The maximum absolute atomic E-state index is 4.76. The van der Waals surface area contributed by atoms with E-state index in [1.54, 1.807) is 0 Å². The molecule has 3 nitrogen and oxygen atoms in total. The summed E-state index contributed by atoms with van der Waals surface area (Å²) < 4.78 is 0. The van der Waals surface area contributed by atoms with Gasteiger partial charge >= 0.3 is 0 Å². The van der Waals surface area contributed by atoms with E-state index in [4.69, 9.17) is 4.98 Å². The van der Waals surface area contributed by atoms with E-state index < -0.39 is 0 Å². The summed E-state index contributed by atoms with van der Waals surface area (Å²) in [4.78, 5) is 9.43. The summed E-state index contributed by atoms with van der Waals surface area (Å²) >= 11 is 0. The molecule has 0 fully saturated rings. The predicted molar refractivity (Wildman–Crippen MR) is 76.2 cm³/mol. The number of benzene rings is 1. The summed E-state index contributed by atoms with van der Waals surface area (Å²) in [6.45, 7) is 6.17. The molecule has 1 aromatic heterocycles. The molecule has 2 aromatic rings. The first kappa shape index (κ1) is 12.3. The molecule has 0 aliphatic carbocycles. The van der Waals surface area contributed by atoms with Gasteiger partial charge in [-0.1, -0.05) is 24.3 Å². The highest BCUT2D eigenvalue weighted by molar-refractivity contribution is 5.31. The molecule has 2 heterocycles. The van der Waals surface area contributed by atoms with Crippen LogP contribution >= 0.6 is 0 Å². The molecule has 0 unspecified atom stereocenters. The number of aromatic nitrogens is 2. The van der Waals surface area contributed by atoms with Gasteiger partial charge in [-0.3, -0.25) is 0 Å². The van der Waals surface area contributed by atoms with E-state index in [-0.39, 0.29) is 0 Å². The predicted octanol–water partition coefficient (Wildman–Crippen LogP) is 2.33. The number of hydrogen-bond donors (Lipinski definition) is 1. The van der Waals surface area contributed by atoms with E-state index >= 15 is 0 Å². The highest BCUT2D eigenvalue weighted by Gasteiger charge is 2.15. The lowest BCUT2D eigenvalue weighted by Gasteiger charge is -2.18. The number of aryl methyl sites for hydroxylation is 2. The van der Waals surface area contributed by atoms with Gasteiger partial charge in [-0.05, 0) is 25.0 Å². The number of rotatable bonds is 2. The Labute approximate surface area is 114 Å². The average molecular weight is 253 g/mol. The van der Waals surface area contributed by atoms with Crippen LogP contribution in [0.2, 0.25) is 0 Å². The molecule has 1 aromatic carbocycles. The standard InChI is InChI=1S/C16H19N3/c1-11-5-3-4-6-13(11)9-16-18-12(2)14-10-17-8-7-15(14)19-16/h3-6,17H,7-10H2,1-2H3. The second-order valence-corrected chi connectivity index (χ2v) is 5.18. The smallest absolute Gasteiger partial charge is 0.133 e. The van der Waals surface area contributed by atoms with E-state index in [1.165, 1.54) is 22.4 Å². The minimum absolute atomic E-state index is 0.828. The maximum Gasteiger partial charge on any atom is 0.133 e. The van der Waals surface area contributed by atoms with E-state index in [0.29, 0.717) is 0 Å². The lowest BCUT2D eigenvalue weighted by atomic mass is 10.0. The molecule has 0 spiro atoms. The monoisotopic (exact) mass is 253 g/mol. The summed E-state index contributed by atoms with van der Waals surface area (Å²) in [5.41, 5.74) is 6.27. The number of fused-ring (bicyclic) bond motifs is 1. The van der Waals surface area contributed by atoms with Crippen molar-refractivity contribution in [3.8, 4) is 0 Å². The molecule has 98 valence electrons. The fourth-order valence-corrected chi connectivity index (χ4v) is 2.63. The molecule has 1 aliphatic rings. The number of nitrogens with zero attached hydrogens (tertiary/aromatic N) is 2. The number of hydrogen-bond acceptors (Lipinski definition) is 3. The third-order valence-corrected chi connectivity index (χ3v) is 3.80. The summed E-state index contributed by atoms with van der Waals surface area (Å²) in [6.07, 6.45) is 1.84. The summed E-state index contributed by atoms with van der Waals surface area (Å²) in [6, 6.07) is 8.46. The second-order valence-electron chi connectivity index (χ2n) is 5.18. The highest BCUT2D eigenvalue weighted by Crippen LogP contribution is 2.17. The minimum atomic E-state index is 0.828. The normalized spacial score (nSPS) is 14.2. The molecule has 1 N–H and O–H groups in total. The van der Waals surface area contributed by atoms with E-state index in [0.717, 1.165) is 37.4 Å². The Balaban J connectivity index is 1.94. The zero-order valence-corrected chi connectivity index (χ0v) is 11.5. The lowest BCUT2D eigenvalue weighted by Crippen LogP contribution is -2.26. The van der Waals surface area contributed by atoms with Crippen molar-refractivity contribution in [2.24, 2.45) is 0 Å². The van der Waals surface area contributed by atoms with Crippen LogP contribution in [0, 0.1) is 13.8 Å². The first-order valence-corrected chi connectivity index (χ1v) is 6.84. The molecule has 0 amide bonds. The van der Waals surface area contributed by atoms with Crippen molar-refractivity contribution in [3.63, 3.8) is 0 Å². The van der Waals surface area contributed by atoms with Crippen molar-refractivity contribution in [2.45, 2.75) is 33.2 Å². The first-order valence-electron chi connectivity index (χ1n) is 6.84. The third-order valence-electron chi connectivity index (χ3n) is 3.80. The second kappa shape index (κ2) is 5.10. The van der Waals surface area contributed by atoms with Crippen LogP contribution in [0.3, 0.4) is 0 Å². The lowest BCUT2D eigenvalue weighted by molar-refractivity contribution is 0.615. The Kier molecular flexibility index (Phi) is 3.30. The van der Waals surface area contributed by atoms with E-state index in [1.807, 2.05) is 0 Å². The molecule has 19 heavy (non-hydrogen) atoms. The van der Waals surface area contributed by atoms with Crippen molar-refractivity contribution in [1.29, 1.82) is 0 Å². The molecular formula is C16H19N3. The Morgan fingerprint density at radius 3 is 2.84 bits per heavy atom. The van der Waals surface area contributed by atoms with Crippen LogP contribution < -0.4 is 5.32 Å². The molecular weight excluding hydrogens is 234 g/mol. The summed E-state index contributed by atoms with van der Waals surface area (Å²) in [5, 5.41) is 3.38. The maximum atomic E-state index is 4.76. The largest absolute Gasteiger partial charge is 0.312 e. The van der Waals surface area contributed by atoms with Crippen molar-refractivity contribution in [2.75, 3.05) is 6.54 Å². The van der Waals surface area contributed by atoms with Crippen LogP contribution in [-0.2, 0) is 19.4 Å². The van der Waals surface area contributed by atoms with Gasteiger partial charge < -0.3 is 5.32 Å². The summed E-state index contributed by atoms with van der Waals surface area (Å²) in [5.74, 6) is 0.951. The summed E-state index contributed by atoms with van der Waals surface area (Å²) in [7, 11) is 0. The Hall–Kier alpha value is -1.74.